The smallest absolute Gasteiger partial charge is 0.0492 e. The Bertz CT molecular complexity index is 372. The van der Waals surface area contributed by atoms with Crippen LogP contribution in [0.1, 0.15) is 32.4 Å². The van der Waals surface area contributed by atoms with Crippen molar-refractivity contribution in [2.75, 3.05) is 26.2 Å². The second-order valence-corrected chi connectivity index (χ2v) is 6.08. The first-order valence-electron chi connectivity index (χ1n) is 7.58. The minimum atomic E-state index is 0.729. The van der Waals surface area contributed by atoms with Crippen LogP contribution in [0.4, 0.5) is 0 Å². The van der Waals surface area contributed by atoms with Crippen molar-refractivity contribution in [1.82, 2.24) is 20.0 Å². The maximum atomic E-state index is 4.24. The van der Waals surface area contributed by atoms with Gasteiger partial charge < -0.3 is 5.32 Å². The number of hydrogen-bond donors (Lipinski definition) is 1. The highest BCUT2D eigenvalue weighted by molar-refractivity contribution is 5.00. The van der Waals surface area contributed by atoms with Crippen LogP contribution in [0.25, 0.3) is 0 Å². The monoisotopic (exact) mass is 264 g/mol. The highest BCUT2D eigenvalue weighted by atomic mass is 15.3. The van der Waals surface area contributed by atoms with E-state index in [1.165, 1.54) is 25.1 Å². The fourth-order valence-electron chi connectivity index (χ4n) is 2.86. The summed E-state index contributed by atoms with van der Waals surface area (Å²) in [5.41, 5.74) is 1.33. The molecule has 2 rings (SSSR count). The van der Waals surface area contributed by atoms with Crippen LogP contribution < -0.4 is 5.32 Å². The Morgan fingerprint density at radius 2 is 2.32 bits per heavy atom. The highest BCUT2D eigenvalue weighted by Gasteiger charge is 2.23. The van der Waals surface area contributed by atoms with E-state index in [1.807, 2.05) is 17.9 Å². The maximum Gasteiger partial charge on any atom is 0.0492 e. The summed E-state index contributed by atoms with van der Waals surface area (Å²) < 4.78 is 1.99. The molecule has 0 spiro atoms. The summed E-state index contributed by atoms with van der Waals surface area (Å²) in [6, 6.07) is 2.86. The molecule has 1 atom stereocenters. The molecule has 1 saturated heterocycles. The van der Waals surface area contributed by atoms with E-state index in [0.29, 0.717) is 0 Å². The van der Waals surface area contributed by atoms with Crippen LogP contribution in [0.5, 0.6) is 0 Å². The topological polar surface area (TPSA) is 33.1 Å². The molecule has 4 nitrogen and oxygen atoms in total. The third-order valence-corrected chi connectivity index (χ3v) is 4.01. The Morgan fingerprint density at radius 1 is 1.47 bits per heavy atom. The van der Waals surface area contributed by atoms with Gasteiger partial charge in [0.15, 0.2) is 0 Å². The number of rotatable bonds is 7. The van der Waals surface area contributed by atoms with E-state index < -0.39 is 0 Å². The lowest BCUT2D eigenvalue weighted by Crippen LogP contribution is -2.40. The first-order valence-corrected chi connectivity index (χ1v) is 7.58. The zero-order chi connectivity index (χ0) is 13.7. The first-order chi connectivity index (χ1) is 9.16. The summed E-state index contributed by atoms with van der Waals surface area (Å²) in [4.78, 5) is 2.64. The van der Waals surface area contributed by atoms with Crippen molar-refractivity contribution in [1.29, 1.82) is 0 Å². The molecule has 0 amide bonds. The van der Waals surface area contributed by atoms with Crippen LogP contribution in [-0.4, -0.2) is 46.9 Å². The highest BCUT2D eigenvalue weighted by Crippen LogP contribution is 2.17. The summed E-state index contributed by atoms with van der Waals surface area (Å²) in [6.07, 6.45) is 5.69. The van der Waals surface area contributed by atoms with Gasteiger partial charge in [-0.3, -0.25) is 9.58 Å². The van der Waals surface area contributed by atoms with Crippen LogP contribution in [0.15, 0.2) is 12.3 Å². The predicted octanol–water partition coefficient (Wildman–Crippen LogP) is 1.67. The fraction of sp³-hybridized carbons (Fsp3) is 0.800. The van der Waals surface area contributed by atoms with Gasteiger partial charge in [-0.15, -0.1) is 0 Å². The van der Waals surface area contributed by atoms with E-state index in [4.69, 9.17) is 0 Å². The van der Waals surface area contributed by atoms with Crippen molar-refractivity contribution < 1.29 is 0 Å². The molecule has 0 radical (unpaired) electrons. The summed E-state index contributed by atoms with van der Waals surface area (Å²) in [6.45, 7) is 9.22. The molecule has 1 unspecified atom stereocenters. The summed E-state index contributed by atoms with van der Waals surface area (Å²) in [7, 11) is 2.03. The standard InChI is InChI=1S/C15H28N4/c1-13(2)11-16-12-15-5-4-9-19(15)10-7-14-6-8-17-18(14)3/h6,8,13,15-16H,4-5,7,9-12H2,1-3H3. The Morgan fingerprint density at radius 3 is 3.00 bits per heavy atom. The summed E-state index contributed by atoms with van der Waals surface area (Å²) in [5.74, 6) is 0.740. The van der Waals surface area contributed by atoms with Crippen molar-refractivity contribution >= 4 is 0 Å². The van der Waals surface area contributed by atoms with Crippen LogP contribution >= 0.6 is 0 Å². The molecule has 0 bridgehead atoms. The average molecular weight is 264 g/mol. The molecule has 19 heavy (non-hydrogen) atoms. The van der Waals surface area contributed by atoms with Gasteiger partial charge in [-0.25, -0.2) is 0 Å². The summed E-state index contributed by atoms with van der Waals surface area (Å²) >= 11 is 0. The molecule has 2 heterocycles. The molecule has 1 aliphatic heterocycles. The van der Waals surface area contributed by atoms with Crippen molar-refractivity contribution in [3.8, 4) is 0 Å². The summed E-state index contributed by atoms with van der Waals surface area (Å²) in [5, 5.41) is 7.84. The molecule has 108 valence electrons. The zero-order valence-corrected chi connectivity index (χ0v) is 12.6. The van der Waals surface area contributed by atoms with E-state index in [1.54, 1.807) is 0 Å². The first kappa shape index (κ1) is 14.5. The number of likely N-dealkylation sites (tertiary alicyclic amines) is 1. The van der Waals surface area contributed by atoms with E-state index in [-0.39, 0.29) is 0 Å². The lowest BCUT2D eigenvalue weighted by atomic mass is 10.2. The predicted molar refractivity (Wildman–Crippen MR) is 79.2 cm³/mol. The lowest BCUT2D eigenvalue weighted by molar-refractivity contribution is 0.247. The second-order valence-electron chi connectivity index (χ2n) is 6.08. The van der Waals surface area contributed by atoms with E-state index in [2.05, 4.69) is 35.2 Å². The van der Waals surface area contributed by atoms with Crippen LogP contribution in [0, 0.1) is 5.92 Å². The quantitative estimate of drug-likeness (QED) is 0.813. The van der Waals surface area contributed by atoms with Gasteiger partial charge in [0.05, 0.1) is 0 Å². The number of aromatic nitrogens is 2. The zero-order valence-electron chi connectivity index (χ0n) is 12.6. The van der Waals surface area contributed by atoms with Crippen LogP contribution in [0.2, 0.25) is 0 Å². The van der Waals surface area contributed by atoms with Gasteiger partial charge >= 0.3 is 0 Å². The van der Waals surface area contributed by atoms with Gasteiger partial charge in [-0.1, -0.05) is 13.8 Å². The normalized spacial score (nSPS) is 20.5. The SMILES string of the molecule is CC(C)CNCC1CCCN1CCc1ccnn1C. The molecular formula is C15H28N4. The van der Waals surface area contributed by atoms with E-state index in [9.17, 15) is 0 Å². The van der Waals surface area contributed by atoms with Crippen molar-refractivity contribution in [2.45, 2.75) is 39.2 Å². The van der Waals surface area contributed by atoms with E-state index in [0.717, 1.165) is 38.0 Å². The molecule has 1 N–H and O–H groups in total. The molecule has 1 aromatic heterocycles. The molecule has 0 aromatic carbocycles. The third kappa shape index (κ3) is 4.32. The molecule has 1 aromatic rings. The van der Waals surface area contributed by atoms with Gasteiger partial charge in [-0.2, -0.15) is 5.10 Å². The number of aryl methyl sites for hydroxylation is 1. The minimum absolute atomic E-state index is 0.729. The average Bonchev–Trinajstić information content (AvgIpc) is 2.95. The number of nitrogens with one attached hydrogen (secondary N) is 1. The Hall–Kier alpha value is -0.870. The van der Waals surface area contributed by atoms with Crippen LogP contribution in [0.3, 0.4) is 0 Å². The van der Waals surface area contributed by atoms with Crippen molar-refractivity contribution in [2.24, 2.45) is 13.0 Å². The second kappa shape index (κ2) is 7.06. The largest absolute Gasteiger partial charge is 0.315 e. The third-order valence-electron chi connectivity index (χ3n) is 4.01. The van der Waals surface area contributed by atoms with Gasteiger partial charge in [0.1, 0.15) is 0 Å². The number of hydrogen-bond acceptors (Lipinski definition) is 3. The van der Waals surface area contributed by atoms with Crippen LogP contribution in [-0.2, 0) is 13.5 Å². The van der Waals surface area contributed by atoms with Gasteiger partial charge in [0.2, 0.25) is 0 Å². The maximum absolute atomic E-state index is 4.24. The Balaban J connectivity index is 1.74. The Labute approximate surface area is 117 Å². The van der Waals surface area contributed by atoms with Gasteiger partial charge in [0.25, 0.3) is 0 Å². The van der Waals surface area contributed by atoms with Crippen molar-refractivity contribution in [3.05, 3.63) is 18.0 Å². The Kier molecular flexibility index (Phi) is 5.40. The fourth-order valence-corrected chi connectivity index (χ4v) is 2.86. The molecule has 1 aliphatic rings. The van der Waals surface area contributed by atoms with Gasteiger partial charge in [0, 0.05) is 44.5 Å². The van der Waals surface area contributed by atoms with E-state index >= 15 is 0 Å². The molecular weight excluding hydrogens is 236 g/mol. The minimum Gasteiger partial charge on any atom is -0.315 e. The van der Waals surface area contributed by atoms with Crippen molar-refractivity contribution in [3.63, 3.8) is 0 Å². The molecule has 1 fully saturated rings. The molecule has 0 aliphatic carbocycles. The van der Waals surface area contributed by atoms with Gasteiger partial charge in [-0.05, 0) is 37.9 Å². The lowest BCUT2D eigenvalue weighted by Gasteiger charge is -2.25. The molecule has 4 heteroatoms. The number of nitrogens with zero attached hydrogens (tertiary/aromatic N) is 3. The molecule has 0 saturated carbocycles.